The number of aromatic nitrogens is 3. The molecule has 1 amide bonds. The summed E-state index contributed by atoms with van der Waals surface area (Å²) >= 11 is 0. The van der Waals surface area contributed by atoms with Crippen LogP contribution in [0.4, 0.5) is 15.9 Å². The zero-order valence-corrected chi connectivity index (χ0v) is 15.8. The van der Waals surface area contributed by atoms with Gasteiger partial charge in [-0.15, -0.1) is 0 Å². The standard InChI is InChI=1S/C21H18FN5O2/c1-12-9-14(4-5-15(12)19(23)28)26-20-21-25-11-17(27(21)8-7-24-20)13-3-6-18(29-2)16(22)10-13/h3-11H,1-2H3,(H2,23,28)(H,24,26). The average molecular weight is 391 g/mol. The number of ether oxygens (including phenoxy) is 1. The van der Waals surface area contributed by atoms with Gasteiger partial charge >= 0.3 is 0 Å². The predicted molar refractivity (Wildman–Crippen MR) is 108 cm³/mol. The van der Waals surface area contributed by atoms with Crippen molar-refractivity contribution in [2.24, 2.45) is 5.73 Å². The van der Waals surface area contributed by atoms with Gasteiger partial charge in [-0.25, -0.2) is 14.4 Å². The fourth-order valence-electron chi connectivity index (χ4n) is 3.20. The molecule has 0 saturated carbocycles. The number of hydrogen-bond donors (Lipinski definition) is 2. The van der Waals surface area contributed by atoms with Crippen molar-refractivity contribution < 1.29 is 13.9 Å². The van der Waals surface area contributed by atoms with Crippen LogP contribution in [-0.2, 0) is 0 Å². The van der Waals surface area contributed by atoms with E-state index in [9.17, 15) is 9.18 Å². The highest BCUT2D eigenvalue weighted by Gasteiger charge is 2.13. The maximum atomic E-state index is 14.1. The molecule has 4 aromatic rings. The number of benzene rings is 2. The van der Waals surface area contributed by atoms with E-state index < -0.39 is 11.7 Å². The quantitative estimate of drug-likeness (QED) is 0.541. The summed E-state index contributed by atoms with van der Waals surface area (Å²) in [6.45, 7) is 1.81. The van der Waals surface area contributed by atoms with Crippen LogP contribution in [0.25, 0.3) is 16.9 Å². The molecule has 3 N–H and O–H groups in total. The Kier molecular flexibility index (Phi) is 4.59. The molecule has 4 rings (SSSR count). The molecule has 2 aromatic carbocycles. The number of carbonyl (C=O) groups excluding carboxylic acids is 1. The second-order valence-corrected chi connectivity index (χ2v) is 6.48. The molecule has 0 unspecified atom stereocenters. The number of methoxy groups -OCH3 is 1. The Morgan fingerprint density at radius 1 is 1.21 bits per heavy atom. The molecular formula is C21H18FN5O2. The summed E-state index contributed by atoms with van der Waals surface area (Å²) in [6, 6.07) is 9.98. The van der Waals surface area contributed by atoms with Gasteiger partial charge in [0.25, 0.3) is 0 Å². The lowest BCUT2D eigenvalue weighted by Crippen LogP contribution is -2.12. The molecule has 0 atom stereocenters. The Labute approximate surface area is 166 Å². The van der Waals surface area contributed by atoms with Crippen LogP contribution in [0.3, 0.4) is 0 Å². The van der Waals surface area contributed by atoms with Crippen molar-refractivity contribution in [2.75, 3.05) is 12.4 Å². The largest absolute Gasteiger partial charge is 0.494 e. The van der Waals surface area contributed by atoms with Crippen LogP contribution in [0.15, 0.2) is 55.0 Å². The van der Waals surface area contributed by atoms with Gasteiger partial charge in [0.05, 0.1) is 19.0 Å². The summed E-state index contributed by atoms with van der Waals surface area (Å²) in [5.41, 5.74) is 9.28. The Hall–Kier alpha value is -3.94. The highest BCUT2D eigenvalue weighted by Crippen LogP contribution is 2.28. The van der Waals surface area contributed by atoms with Crippen LogP contribution in [-0.4, -0.2) is 27.4 Å². The number of halogens is 1. The van der Waals surface area contributed by atoms with Crippen molar-refractivity contribution in [3.05, 3.63) is 71.9 Å². The first-order chi connectivity index (χ1) is 14.0. The summed E-state index contributed by atoms with van der Waals surface area (Å²) in [6.07, 6.45) is 5.04. The minimum absolute atomic E-state index is 0.182. The molecule has 0 aliphatic carbocycles. The number of nitrogens with two attached hydrogens (primary N) is 1. The highest BCUT2D eigenvalue weighted by molar-refractivity contribution is 5.94. The van der Waals surface area contributed by atoms with E-state index in [-0.39, 0.29) is 5.75 Å². The summed E-state index contributed by atoms with van der Waals surface area (Å²) in [5.74, 6) is -0.211. The molecule has 2 heterocycles. The average Bonchev–Trinajstić information content (AvgIpc) is 3.13. The van der Waals surface area contributed by atoms with E-state index in [2.05, 4.69) is 15.3 Å². The van der Waals surface area contributed by atoms with E-state index in [1.165, 1.54) is 13.2 Å². The number of fused-ring (bicyclic) bond motifs is 1. The maximum absolute atomic E-state index is 14.1. The normalized spacial score (nSPS) is 10.9. The van der Waals surface area contributed by atoms with E-state index >= 15 is 0 Å². The summed E-state index contributed by atoms with van der Waals surface area (Å²) in [5, 5.41) is 3.21. The number of rotatable bonds is 5. The molecule has 0 radical (unpaired) electrons. The van der Waals surface area contributed by atoms with E-state index in [0.29, 0.717) is 28.3 Å². The smallest absolute Gasteiger partial charge is 0.248 e. The molecule has 8 heteroatoms. The third-order valence-corrected chi connectivity index (χ3v) is 4.63. The van der Waals surface area contributed by atoms with Crippen LogP contribution in [0.1, 0.15) is 15.9 Å². The molecule has 2 aromatic heterocycles. The molecule has 0 saturated heterocycles. The van der Waals surface area contributed by atoms with Gasteiger partial charge in [-0.3, -0.25) is 9.20 Å². The van der Waals surface area contributed by atoms with Crippen molar-refractivity contribution in [3.63, 3.8) is 0 Å². The van der Waals surface area contributed by atoms with Crippen molar-refractivity contribution in [1.82, 2.24) is 14.4 Å². The van der Waals surface area contributed by atoms with Gasteiger partial charge < -0.3 is 15.8 Å². The monoisotopic (exact) mass is 391 g/mol. The topological polar surface area (TPSA) is 94.5 Å². The second-order valence-electron chi connectivity index (χ2n) is 6.48. The van der Waals surface area contributed by atoms with E-state index in [1.807, 2.05) is 17.4 Å². The number of primary amides is 1. The molecule has 0 bridgehead atoms. The lowest BCUT2D eigenvalue weighted by molar-refractivity contribution is 0.0999. The van der Waals surface area contributed by atoms with Crippen LogP contribution >= 0.6 is 0 Å². The Morgan fingerprint density at radius 3 is 2.72 bits per heavy atom. The van der Waals surface area contributed by atoms with Crippen LogP contribution in [0.5, 0.6) is 5.75 Å². The number of aryl methyl sites for hydroxylation is 1. The minimum Gasteiger partial charge on any atom is -0.494 e. The fourth-order valence-corrected chi connectivity index (χ4v) is 3.20. The number of nitrogens with zero attached hydrogens (tertiary/aromatic N) is 3. The minimum atomic E-state index is -0.473. The summed E-state index contributed by atoms with van der Waals surface area (Å²) in [4.78, 5) is 20.2. The molecule has 0 aliphatic rings. The number of imidazole rings is 1. The van der Waals surface area contributed by atoms with Gasteiger partial charge in [-0.1, -0.05) is 0 Å². The van der Waals surface area contributed by atoms with Crippen LogP contribution in [0.2, 0.25) is 0 Å². The Morgan fingerprint density at radius 2 is 2.03 bits per heavy atom. The number of anilines is 2. The number of carbonyl (C=O) groups is 1. The lowest BCUT2D eigenvalue weighted by atomic mass is 10.1. The maximum Gasteiger partial charge on any atom is 0.248 e. The molecule has 0 spiro atoms. The number of nitrogens with one attached hydrogen (secondary N) is 1. The third kappa shape index (κ3) is 3.36. The molecular weight excluding hydrogens is 373 g/mol. The van der Waals surface area contributed by atoms with Gasteiger partial charge in [0.15, 0.2) is 23.0 Å². The third-order valence-electron chi connectivity index (χ3n) is 4.63. The van der Waals surface area contributed by atoms with Gasteiger partial charge in [0.1, 0.15) is 0 Å². The first kappa shape index (κ1) is 18.4. The summed E-state index contributed by atoms with van der Waals surface area (Å²) in [7, 11) is 1.42. The molecule has 29 heavy (non-hydrogen) atoms. The number of hydrogen-bond acceptors (Lipinski definition) is 5. The zero-order chi connectivity index (χ0) is 20.5. The van der Waals surface area contributed by atoms with Gasteiger partial charge in [0.2, 0.25) is 5.91 Å². The Bertz CT molecular complexity index is 1240. The zero-order valence-electron chi connectivity index (χ0n) is 15.8. The molecule has 146 valence electrons. The predicted octanol–water partition coefficient (Wildman–Crippen LogP) is 3.69. The van der Waals surface area contributed by atoms with E-state index in [4.69, 9.17) is 10.5 Å². The second kappa shape index (κ2) is 7.23. The van der Waals surface area contributed by atoms with Crippen molar-refractivity contribution in [1.29, 1.82) is 0 Å². The van der Waals surface area contributed by atoms with E-state index in [1.54, 1.807) is 42.9 Å². The highest BCUT2D eigenvalue weighted by atomic mass is 19.1. The molecule has 0 fully saturated rings. The number of amides is 1. The van der Waals surface area contributed by atoms with E-state index in [0.717, 1.165) is 11.3 Å². The van der Waals surface area contributed by atoms with Crippen LogP contribution < -0.4 is 15.8 Å². The van der Waals surface area contributed by atoms with Crippen molar-refractivity contribution >= 4 is 23.1 Å². The van der Waals surface area contributed by atoms with Gasteiger partial charge in [0, 0.05) is 29.2 Å². The fraction of sp³-hybridized carbons (Fsp3) is 0.0952. The first-order valence-electron chi connectivity index (χ1n) is 8.81. The summed E-state index contributed by atoms with van der Waals surface area (Å²) < 4.78 is 20.9. The van der Waals surface area contributed by atoms with Crippen LogP contribution in [0, 0.1) is 12.7 Å². The first-order valence-corrected chi connectivity index (χ1v) is 8.81. The SMILES string of the molecule is COc1ccc(-c2cnc3c(Nc4ccc(C(N)=O)c(C)c4)nccn23)cc1F. The lowest BCUT2D eigenvalue weighted by Gasteiger charge is -2.10. The molecule has 0 aliphatic heterocycles. The van der Waals surface area contributed by atoms with Crippen molar-refractivity contribution in [2.45, 2.75) is 6.92 Å². The van der Waals surface area contributed by atoms with Crippen molar-refractivity contribution in [3.8, 4) is 17.0 Å². The van der Waals surface area contributed by atoms with Gasteiger partial charge in [-0.2, -0.15) is 0 Å². The Balaban J connectivity index is 1.72. The molecule has 7 nitrogen and oxygen atoms in total. The van der Waals surface area contributed by atoms with Gasteiger partial charge in [-0.05, 0) is 48.9 Å².